The molecule has 2 fully saturated rings. The van der Waals surface area contributed by atoms with Crippen molar-refractivity contribution in [2.45, 2.75) is 85.3 Å². The number of carboxylic acid groups (broad SMARTS) is 2. The summed E-state index contributed by atoms with van der Waals surface area (Å²) in [5, 5.41) is 36.5. The minimum Gasteiger partial charge on any atom is -0.547 e. The Morgan fingerprint density at radius 3 is 1.30 bits per heavy atom. The molecular weight excluding hydrogens is 407 g/mol. The number of hydrogen-bond acceptors (Lipinski definition) is 6. The fourth-order valence-electron chi connectivity index (χ4n) is 1.37. The number of aliphatic hydroxyl groups is 2. The van der Waals surface area contributed by atoms with Crippen molar-refractivity contribution in [3.05, 3.63) is 0 Å². The first-order chi connectivity index (χ1) is 10.7. The summed E-state index contributed by atoms with van der Waals surface area (Å²) < 4.78 is 3.25. The summed E-state index contributed by atoms with van der Waals surface area (Å²) in [6, 6.07) is 0. The van der Waals surface area contributed by atoms with Crippen LogP contribution in [0, 0.1) is 0 Å². The number of unbranched alkanes of at least 4 members (excludes halogenated alkanes) is 2. The molecular formula is C16H28O6Sn. The fraction of sp³-hybridized carbons (Fsp3) is 0.875. The van der Waals surface area contributed by atoms with Crippen molar-refractivity contribution in [1.82, 2.24) is 0 Å². The second-order valence-electron chi connectivity index (χ2n) is 6.10. The maximum absolute atomic E-state index is 9.72. The normalized spacial score (nSPS) is 18.3. The fourth-order valence-corrected chi connectivity index (χ4v) is 5.53. The molecule has 0 radical (unpaired) electrons. The third kappa shape index (κ3) is 10.9. The van der Waals surface area contributed by atoms with E-state index >= 15 is 0 Å². The molecule has 0 saturated heterocycles. The van der Waals surface area contributed by atoms with Crippen LogP contribution in [0.1, 0.15) is 65.2 Å². The first kappa shape index (κ1) is 22.7. The molecule has 0 spiro atoms. The molecule has 0 unspecified atom stereocenters. The Morgan fingerprint density at radius 2 is 1.17 bits per heavy atom. The van der Waals surface area contributed by atoms with Crippen LogP contribution in [0.25, 0.3) is 0 Å². The Labute approximate surface area is 148 Å². The van der Waals surface area contributed by atoms with Crippen LogP contribution in [-0.4, -0.2) is 54.5 Å². The molecule has 23 heavy (non-hydrogen) atoms. The Morgan fingerprint density at radius 1 is 0.870 bits per heavy atom. The molecule has 0 aromatic heterocycles. The van der Waals surface area contributed by atoms with E-state index in [-0.39, 0.29) is 21.1 Å². The molecule has 2 saturated carbocycles. The minimum atomic E-state index is -1.44. The van der Waals surface area contributed by atoms with Gasteiger partial charge in [0.1, 0.15) is 11.2 Å². The average molecular weight is 435 g/mol. The van der Waals surface area contributed by atoms with E-state index in [2.05, 4.69) is 13.8 Å². The number of carbonyl (C=O) groups excluding carboxylic acids is 2. The Hall–Kier alpha value is -0.341. The third-order valence-electron chi connectivity index (χ3n) is 3.62. The monoisotopic (exact) mass is 436 g/mol. The molecule has 0 aliphatic heterocycles. The van der Waals surface area contributed by atoms with Gasteiger partial charge >= 0.3 is 69.5 Å². The van der Waals surface area contributed by atoms with E-state index < -0.39 is 23.1 Å². The van der Waals surface area contributed by atoms with Crippen molar-refractivity contribution < 1.29 is 30.0 Å². The molecule has 0 amide bonds. The van der Waals surface area contributed by atoms with E-state index in [1.54, 1.807) is 8.87 Å². The van der Waals surface area contributed by atoms with Crippen molar-refractivity contribution in [3.63, 3.8) is 0 Å². The van der Waals surface area contributed by atoms with Crippen LogP contribution in [0.5, 0.6) is 0 Å². The number of hydrogen-bond donors (Lipinski definition) is 2. The third-order valence-corrected chi connectivity index (χ3v) is 7.66. The van der Waals surface area contributed by atoms with E-state index in [9.17, 15) is 19.8 Å². The van der Waals surface area contributed by atoms with E-state index in [1.165, 1.54) is 25.7 Å². The van der Waals surface area contributed by atoms with Crippen molar-refractivity contribution in [2.24, 2.45) is 0 Å². The summed E-state index contributed by atoms with van der Waals surface area (Å²) in [5.74, 6) is -2.68. The summed E-state index contributed by atoms with van der Waals surface area (Å²) >= 11 is 0.149. The van der Waals surface area contributed by atoms with E-state index in [1.807, 2.05) is 0 Å². The zero-order valence-corrected chi connectivity index (χ0v) is 17.0. The van der Waals surface area contributed by atoms with Gasteiger partial charge in [0.15, 0.2) is 0 Å². The van der Waals surface area contributed by atoms with Crippen molar-refractivity contribution in [1.29, 1.82) is 0 Å². The van der Waals surface area contributed by atoms with Crippen LogP contribution >= 0.6 is 0 Å². The van der Waals surface area contributed by atoms with Crippen molar-refractivity contribution in [3.8, 4) is 0 Å². The zero-order chi connectivity index (χ0) is 17.9. The molecule has 2 rings (SSSR count). The van der Waals surface area contributed by atoms with Gasteiger partial charge in [-0.05, 0) is 25.7 Å². The van der Waals surface area contributed by atoms with Gasteiger partial charge in [-0.15, -0.1) is 0 Å². The first-order valence-electron chi connectivity index (χ1n) is 8.30. The van der Waals surface area contributed by atoms with Crippen LogP contribution in [0.4, 0.5) is 0 Å². The molecule has 0 aromatic rings. The van der Waals surface area contributed by atoms with Gasteiger partial charge in [-0.3, -0.25) is 0 Å². The van der Waals surface area contributed by atoms with Crippen LogP contribution in [0.3, 0.4) is 0 Å². The predicted molar refractivity (Wildman–Crippen MR) is 83.6 cm³/mol. The number of aliphatic carboxylic acids is 2. The van der Waals surface area contributed by atoms with Gasteiger partial charge in [-0.25, -0.2) is 0 Å². The van der Waals surface area contributed by atoms with Gasteiger partial charge < -0.3 is 30.0 Å². The molecule has 7 heteroatoms. The number of carbonyl (C=O) groups is 2. The summed E-state index contributed by atoms with van der Waals surface area (Å²) in [4.78, 5) is 19.4. The van der Waals surface area contributed by atoms with Crippen LogP contribution in [0.15, 0.2) is 0 Å². The number of rotatable bonds is 8. The average Bonchev–Trinajstić information content (AvgIpc) is 3.40. The van der Waals surface area contributed by atoms with E-state index in [0.29, 0.717) is 25.7 Å². The molecule has 6 nitrogen and oxygen atoms in total. The second-order valence-corrected chi connectivity index (χ2v) is 10.4. The maximum atomic E-state index is 9.72. The summed E-state index contributed by atoms with van der Waals surface area (Å²) in [7, 11) is 0. The molecule has 0 atom stereocenters. The molecule has 0 heterocycles. The van der Waals surface area contributed by atoms with Crippen LogP contribution in [-0.2, 0) is 9.59 Å². The summed E-state index contributed by atoms with van der Waals surface area (Å²) in [6.07, 6.45) is 7.26. The molecule has 2 N–H and O–H groups in total. The summed E-state index contributed by atoms with van der Waals surface area (Å²) in [6.45, 7) is 4.58. The predicted octanol–water partition coefficient (Wildman–Crippen LogP) is -0.350. The molecule has 2 aliphatic carbocycles. The Bertz CT molecular complexity index is 330. The van der Waals surface area contributed by atoms with E-state index in [0.717, 1.165) is 0 Å². The van der Waals surface area contributed by atoms with Crippen molar-refractivity contribution >= 4 is 33.1 Å². The van der Waals surface area contributed by atoms with Gasteiger partial charge in [-0.2, -0.15) is 0 Å². The van der Waals surface area contributed by atoms with Crippen molar-refractivity contribution in [2.75, 3.05) is 0 Å². The van der Waals surface area contributed by atoms with Gasteiger partial charge in [0.25, 0.3) is 0 Å². The smallest absolute Gasteiger partial charge is 0.104 e. The van der Waals surface area contributed by atoms with Crippen LogP contribution < -0.4 is 10.2 Å². The van der Waals surface area contributed by atoms with Gasteiger partial charge in [-0.1, -0.05) is 0 Å². The molecule has 132 valence electrons. The SMILES string of the molecule is CCC[CH2][Sn+2][CH2]CCC.O=C([O-])C1(O)CC1.O=C([O-])C1(O)CC1. The molecule has 2 aliphatic rings. The topological polar surface area (TPSA) is 121 Å². The quantitative estimate of drug-likeness (QED) is 0.397. The van der Waals surface area contributed by atoms with Gasteiger partial charge in [0.05, 0.1) is 11.9 Å². The summed E-state index contributed by atoms with van der Waals surface area (Å²) in [5.41, 5.74) is -2.89. The van der Waals surface area contributed by atoms with Gasteiger partial charge in [0, 0.05) is 0 Å². The Balaban J connectivity index is 0.000000318. The van der Waals surface area contributed by atoms with Gasteiger partial charge in [0.2, 0.25) is 0 Å². The largest absolute Gasteiger partial charge is 0.547 e. The Kier molecular flexibility index (Phi) is 11.1. The standard InChI is InChI=1S/2C4H6O3.2C4H9.Sn/c2*5-3(6)4(7)1-2-4;2*1-3-4-2;/h2*7H,1-2H2,(H,5,6);2*1,3-4H2,2H3;/q;;;;+2/p-2. The second kappa shape index (κ2) is 11.3. The maximum Gasteiger partial charge on any atom is 0.104 e. The minimum absolute atomic E-state index is 0.149. The van der Waals surface area contributed by atoms with E-state index in [4.69, 9.17) is 10.2 Å². The number of carboxylic acids is 2. The molecule has 0 bridgehead atoms. The van der Waals surface area contributed by atoms with Crippen LogP contribution in [0.2, 0.25) is 8.87 Å². The zero-order valence-electron chi connectivity index (χ0n) is 14.1. The molecule has 0 aromatic carbocycles. The first-order valence-corrected chi connectivity index (χ1v) is 12.3.